The highest BCUT2D eigenvalue weighted by Gasteiger charge is 2.56. The molecule has 1 saturated carbocycles. The van der Waals surface area contributed by atoms with Gasteiger partial charge in [0, 0.05) is 0 Å². The third kappa shape index (κ3) is 3.64. The minimum atomic E-state index is -0.265. The lowest BCUT2D eigenvalue weighted by Crippen LogP contribution is -2.38. The molecular formula is C25H23BrN2O4. The average molecular weight is 495 g/mol. The molecule has 2 aromatic rings. The molecule has 0 unspecified atom stereocenters. The predicted molar refractivity (Wildman–Crippen MR) is 123 cm³/mol. The Balaban J connectivity index is 1.35. The van der Waals surface area contributed by atoms with Gasteiger partial charge in [0.15, 0.2) is 11.5 Å². The Hall–Kier alpha value is -2.93. The number of nitrogens with zero attached hydrogens (tertiary/aromatic N) is 2. The van der Waals surface area contributed by atoms with E-state index in [1.165, 1.54) is 6.21 Å². The number of methoxy groups -OCH3 is 1. The normalized spacial score (nSPS) is 26.1. The Morgan fingerprint density at radius 1 is 1.06 bits per heavy atom. The van der Waals surface area contributed by atoms with Crippen molar-refractivity contribution in [3.63, 3.8) is 0 Å². The van der Waals surface area contributed by atoms with Crippen molar-refractivity contribution < 1.29 is 19.1 Å². The molecular weight excluding hydrogens is 472 g/mol. The van der Waals surface area contributed by atoms with Crippen molar-refractivity contribution in [3.05, 3.63) is 70.2 Å². The molecule has 2 aromatic carbocycles. The topological polar surface area (TPSA) is 68.2 Å². The first-order chi connectivity index (χ1) is 15.6. The summed E-state index contributed by atoms with van der Waals surface area (Å²) >= 11 is 3.54. The lowest BCUT2D eigenvalue weighted by molar-refractivity contribution is -0.140. The van der Waals surface area contributed by atoms with Crippen molar-refractivity contribution in [1.82, 2.24) is 5.01 Å². The summed E-state index contributed by atoms with van der Waals surface area (Å²) in [7, 11) is 1.57. The number of amides is 2. The Morgan fingerprint density at radius 3 is 2.31 bits per heavy atom. The Kier molecular flexibility index (Phi) is 5.59. The maximum absolute atomic E-state index is 12.9. The van der Waals surface area contributed by atoms with Crippen LogP contribution in [0.4, 0.5) is 0 Å². The summed E-state index contributed by atoms with van der Waals surface area (Å²) in [4.78, 5) is 25.9. The standard InChI is InChI=1S/C25H23BrN2O4/c1-31-20-12-16(11-19(26)23(20)32-14-15-5-3-2-4-6-15)13-27-28-24(29)21-17-7-8-18(10-9-17)22(21)25(28)30/h2-8,11-13,17-18,21-22H,9-10,14H2,1H3/b27-13-/t17-,18-,21-,22-/m1/s1. The summed E-state index contributed by atoms with van der Waals surface area (Å²) < 4.78 is 12.2. The van der Waals surface area contributed by atoms with Gasteiger partial charge in [0.1, 0.15) is 6.61 Å². The molecule has 0 radical (unpaired) electrons. The Morgan fingerprint density at radius 2 is 1.72 bits per heavy atom. The van der Waals surface area contributed by atoms with Crippen molar-refractivity contribution in [1.29, 1.82) is 0 Å². The van der Waals surface area contributed by atoms with Crippen LogP contribution in [0.2, 0.25) is 0 Å². The number of imide groups is 1. The minimum Gasteiger partial charge on any atom is -0.493 e. The molecule has 1 aliphatic heterocycles. The molecule has 2 fully saturated rings. The van der Waals surface area contributed by atoms with E-state index in [-0.39, 0.29) is 35.5 Å². The van der Waals surface area contributed by atoms with E-state index in [2.05, 4.69) is 33.2 Å². The van der Waals surface area contributed by atoms with Gasteiger partial charge in [-0.05, 0) is 63.9 Å². The van der Waals surface area contributed by atoms with E-state index in [1.54, 1.807) is 13.2 Å². The van der Waals surface area contributed by atoms with E-state index in [0.717, 1.165) is 23.4 Å². The summed E-state index contributed by atoms with van der Waals surface area (Å²) in [6.45, 7) is 0.402. The zero-order valence-electron chi connectivity index (χ0n) is 17.6. The molecule has 2 bridgehead atoms. The van der Waals surface area contributed by atoms with Crippen molar-refractivity contribution in [3.8, 4) is 11.5 Å². The van der Waals surface area contributed by atoms with Gasteiger partial charge in [0.2, 0.25) is 0 Å². The summed E-state index contributed by atoms with van der Waals surface area (Å²) in [5.41, 5.74) is 1.74. The lowest BCUT2D eigenvalue weighted by atomic mass is 9.63. The Labute approximate surface area is 195 Å². The minimum absolute atomic E-state index is 0.150. The number of fused-ring (bicyclic) bond motifs is 1. The number of rotatable bonds is 6. The number of ether oxygens (including phenoxy) is 2. The quantitative estimate of drug-likeness (QED) is 0.335. The van der Waals surface area contributed by atoms with Crippen LogP contribution in [0.5, 0.6) is 11.5 Å². The number of carbonyl (C=O) groups is 2. The maximum Gasteiger partial charge on any atom is 0.254 e. The first kappa shape index (κ1) is 20.9. The molecule has 164 valence electrons. The molecule has 1 heterocycles. The van der Waals surface area contributed by atoms with Gasteiger partial charge in [-0.2, -0.15) is 10.1 Å². The van der Waals surface area contributed by atoms with Gasteiger partial charge in [-0.1, -0.05) is 42.5 Å². The van der Waals surface area contributed by atoms with Crippen molar-refractivity contribution in [2.45, 2.75) is 19.4 Å². The number of hydrogen-bond donors (Lipinski definition) is 0. The number of carbonyl (C=O) groups excluding carboxylic acids is 2. The van der Waals surface area contributed by atoms with Gasteiger partial charge in [-0.15, -0.1) is 0 Å². The average Bonchev–Trinajstić information content (AvgIpc) is 3.10. The summed E-state index contributed by atoms with van der Waals surface area (Å²) in [6, 6.07) is 13.5. The molecule has 3 aliphatic carbocycles. The fraction of sp³-hybridized carbons (Fsp3) is 0.320. The molecule has 0 aromatic heterocycles. The first-order valence-corrected chi connectivity index (χ1v) is 11.5. The third-order valence-electron chi connectivity index (χ3n) is 6.54. The van der Waals surface area contributed by atoms with Crippen LogP contribution < -0.4 is 9.47 Å². The second-order valence-electron chi connectivity index (χ2n) is 8.38. The van der Waals surface area contributed by atoms with Gasteiger partial charge in [0.25, 0.3) is 11.8 Å². The molecule has 1 saturated heterocycles. The van der Waals surface area contributed by atoms with Crippen molar-refractivity contribution in [2.75, 3.05) is 7.11 Å². The van der Waals surface area contributed by atoms with Crippen LogP contribution in [-0.2, 0) is 16.2 Å². The first-order valence-electron chi connectivity index (χ1n) is 10.7. The summed E-state index contributed by atoms with van der Waals surface area (Å²) in [6.07, 6.45) is 7.66. The SMILES string of the molecule is COc1cc(/C=N\N2C(=O)[C@H]3[C@H](C2=O)[C@@H]2C=C[C@@H]3CC2)cc(Br)c1OCc1ccccc1. The van der Waals surface area contributed by atoms with E-state index in [1.807, 2.05) is 36.4 Å². The molecule has 6 rings (SSSR count). The molecule has 6 nitrogen and oxygen atoms in total. The molecule has 32 heavy (non-hydrogen) atoms. The van der Waals surface area contributed by atoms with Crippen LogP contribution in [0.25, 0.3) is 0 Å². The van der Waals surface area contributed by atoms with Crippen molar-refractivity contribution >= 4 is 34.0 Å². The fourth-order valence-electron chi connectivity index (χ4n) is 4.98. The molecule has 0 spiro atoms. The van der Waals surface area contributed by atoms with E-state index < -0.39 is 0 Å². The Bertz CT molecular complexity index is 1080. The van der Waals surface area contributed by atoms with E-state index in [0.29, 0.717) is 28.1 Å². The second-order valence-corrected chi connectivity index (χ2v) is 9.24. The number of allylic oxidation sites excluding steroid dienone is 2. The highest BCUT2D eigenvalue weighted by atomic mass is 79.9. The van der Waals surface area contributed by atoms with Crippen LogP contribution in [-0.4, -0.2) is 30.1 Å². The van der Waals surface area contributed by atoms with Gasteiger partial charge in [-0.3, -0.25) is 9.59 Å². The van der Waals surface area contributed by atoms with E-state index >= 15 is 0 Å². The van der Waals surface area contributed by atoms with Crippen LogP contribution in [0, 0.1) is 23.7 Å². The zero-order chi connectivity index (χ0) is 22.2. The zero-order valence-corrected chi connectivity index (χ0v) is 19.2. The van der Waals surface area contributed by atoms with Crippen LogP contribution in [0.15, 0.2) is 64.2 Å². The smallest absolute Gasteiger partial charge is 0.254 e. The second kappa shape index (κ2) is 8.54. The maximum atomic E-state index is 12.9. The number of benzene rings is 2. The predicted octanol–water partition coefficient (Wildman–Crippen LogP) is 4.57. The number of hydrogen-bond acceptors (Lipinski definition) is 5. The highest BCUT2D eigenvalue weighted by Crippen LogP contribution is 2.49. The van der Waals surface area contributed by atoms with Crippen LogP contribution in [0.1, 0.15) is 24.0 Å². The van der Waals surface area contributed by atoms with Crippen LogP contribution in [0.3, 0.4) is 0 Å². The molecule has 2 amide bonds. The fourth-order valence-corrected chi connectivity index (χ4v) is 5.55. The van der Waals surface area contributed by atoms with E-state index in [4.69, 9.17) is 9.47 Å². The monoisotopic (exact) mass is 494 g/mol. The van der Waals surface area contributed by atoms with E-state index in [9.17, 15) is 9.59 Å². The highest BCUT2D eigenvalue weighted by molar-refractivity contribution is 9.10. The molecule has 4 aliphatic rings. The summed E-state index contributed by atoms with van der Waals surface area (Å²) in [5, 5.41) is 5.34. The van der Waals surface area contributed by atoms with Crippen molar-refractivity contribution in [2.24, 2.45) is 28.8 Å². The molecule has 4 atom stereocenters. The molecule has 7 heteroatoms. The largest absolute Gasteiger partial charge is 0.493 e. The van der Waals surface area contributed by atoms with Gasteiger partial charge < -0.3 is 9.47 Å². The number of hydrazone groups is 1. The molecule has 0 N–H and O–H groups in total. The van der Waals surface area contributed by atoms with Gasteiger partial charge >= 0.3 is 0 Å². The lowest BCUT2D eigenvalue weighted by Gasteiger charge is -2.37. The van der Waals surface area contributed by atoms with Gasteiger partial charge in [0.05, 0.1) is 29.6 Å². The number of halogens is 1. The third-order valence-corrected chi connectivity index (χ3v) is 7.13. The summed E-state index contributed by atoms with van der Waals surface area (Å²) in [5.74, 6) is 0.501. The van der Waals surface area contributed by atoms with Crippen LogP contribution >= 0.6 is 15.9 Å². The van der Waals surface area contributed by atoms with Gasteiger partial charge in [-0.25, -0.2) is 0 Å².